The molecule has 1 aromatic carbocycles. The molecule has 64 heavy (non-hydrogen) atoms. The highest BCUT2D eigenvalue weighted by Gasteiger charge is 2.58. The number of esters is 1. The molecule has 1 saturated carbocycles. The molecule has 15 nitrogen and oxygen atoms in total. The number of carbonyl (C=O) groups excluding carboxylic acids is 4. The van der Waals surface area contributed by atoms with Crippen LogP contribution in [-0.2, 0) is 46.4 Å². The molecule has 3 amide bonds. The smallest absolute Gasteiger partial charge is 0.324 e. The molecule has 4 aliphatic rings. The van der Waals surface area contributed by atoms with E-state index < -0.39 is 53.2 Å². The number of hydrazine groups is 1. The molecule has 0 unspecified atom stereocenters. The number of aromatic nitrogens is 2. The van der Waals surface area contributed by atoms with Crippen LogP contribution in [0.5, 0.6) is 0 Å². The van der Waals surface area contributed by atoms with Crippen LogP contribution in [0.2, 0.25) is 0 Å². The van der Waals surface area contributed by atoms with Gasteiger partial charge in [0.25, 0.3) is 5.91 Å². The predicted octanol–water partition coefficient (Wildman–Crippen LogP) is 6.25. The molecule has 5 heterocycles. The van der Waals surface area contributed by atoms with Crippen molar-refractivity contribution in [1.29, 1.82) is 5.26 Å². The molecule has 2 aromatic heterocycles. The summed E-state index contributed by atoms with van der Waals surface area (Å²) in [5, 5.41) is 17.3. The Kier molecular flexibility index (Phi) is 14.2. The molecule has 7 rings (SSSR count). The summed E-state index contributed by atoms with van der Waals surface area (Å²) in [5.41, 5.74) is 8.71. The van der Waals surface area contributed by atoms with E-state index in [1.54, 1.807) is 18.2 Å². The minimum Gasteiger partial charge on any atom is -0.464 e. The van der Waals surface area contributed by atoms with Gasteiger partial charge in [0, 0.05) is 78.9 Å². The third-order valence-electron chi connectivity index (χ3n) is 13.1. The summed E-state index contributed by atoms with van der Waals surface area (Å²) < 4.78 is 20.6. The van der Waals surface area contributed by atoms with Gasteiger partial charge in [0.1, 0.15) is 23.2 Å². The van der Waals surface area contributed by atoms with Crippen molar-refractivity contribution < 1.29 is 33.4 Å². The second kappa shape index (κ2) is 19.5. The molecular weight excluding hydrogens is 833 g/mol. The number of hydrogen-bond donors (Lipinski definition) is 2. The van der Waals surface area contributed by atoms with E-state index in [1.165, 1.54) is 16.3 Å². The SMILES string of the molecule is C=C/C(=C(\N=C/C)[C@H](C)OC)c1c2c3cc(ccc3n1CC)-c1csc(n1)[C@@H](OCC)[C@H](NC(=O)[C@@H]1[C@@H](C)[C@H]1C(=O)N1CC[C@H](C#N)C1)C(=O)N1CCC[C@H](N1)C(=O)OCC(C)(C)C2. The Balaban J connectivity index is 1.33. The predicted molar refractivity (Wildman–Crippen MR) is 246 cm³/mol. The van der Waals surface area contributed by atoms with E-state index in [-0.39, 0.29) is 43.6 Å². The molecule has 342 valence electrons. The Morgan fingerprint density at radius 1 is 1.22 bits per heavy atom. The lowest BCUT2D eigenvalue weighted by molar-refractivity contribution is -0.156. The maximum atomic E-state index is 14.8. The van der Waals surface area contributed by atoms with Gasteiger partial charge in [0.2, 0.25) is 11.8 Å². The van der Waals surface area contributed by atoms with Crippen LogP contribution in [0.15, 0.2) is 46.9 Å². The normalized spacial score (nSPS) is 26.8. The molecule has 3 fully saturated rings. The number of likely N-dealkylation sites (tertiary alicyclic amines) is 1. The van der Waals surface area contributed by atoms with Crippen LogP contribution in [0.1, 0.15) is 90.1 Å². The molecule has 2 N–H and O–H groups in total. The summed E-state index contributed by atoms with van der Waals surface area (Å²) >= 11 is 1.34. The van der Waals surface area contributed by atoms with Gasteiger partial charge in [-0.2, -0.15) is 5.26 Å². The molecule has 3 aliphatic heterocycles. The second-order valence-corrected chi connectivity index (χ2v) is 19.0. The molecule has 0 radical (unpaired) electrons. The number of carbonyl (C=O) groups is 4. The third kappa shape index (κ3) is 9.18. The topological polar surface area (TPSA) is 180 Å². The highest BCUT2D eigenvalue weighted by Crippen LogP contribution is 2.48. The van der Waals surface area contributed by atoms with Crippen molar-refractivity contribution in [3.05, 3.63) is 58.2 Å². The quantitative estimate of drug-likeness (QED) is 0.127. The fraction of sp³-hybridized carbons (Fsp3) is 0.562. The second-order valence-electron chi connectivity index (χ2n) is 18.1. The van der Waals surface area contributed by atoms with Gasteiger partial charge in [0.05, 0.1) is 53.6 Å². The van der Waals surface area contributed by atoms with Gasteiger partial charge in [-0.1, -0.05) is 39.5 Å². The van der Waals surface area contributed by atoms with Crippen LogP contribution in [0.3, 0.4) is 0 Å². The summed E-state index contributed by atoms with van der Waals surface area (Å²) in [6, 6.07) is 6.45. The van der Waals surface area contributed by atoms with E-state index in [1.807, 2.05) is 45.2 Å². The van der Waals surface area contributed by atoms with Gasteiger partial charge in [0.15, 0.2) is 0 Å². The maximum Gasteiger partial charge on any atom is 0.324 e. The van der Waals surface area contributed by atoms with E-state index in [0.29, 0.717) is 56.0 Å². The number of aryl methyl sites for hydroxylation is 1. The van der Waals surface area contributed by atoms with E-state index >= 15 is 0 Å². The zero-order chi connectivity index (χ0) is 46.0. The van der Waals surface area contributed by atoms with Crippen LogP contribution >= 0.6 is 11.3 Å². The number of rotatable bonds is 11. The lowest BCUT2D eigenvalue weighted by atomic mass is 9.84. The minimum absolute atomic E-state index is 0.103. The Morgan fingerprint density at radius 2 is 2.00 bits per heavy atom. The zero-order valence-electron chi connectivity index (χ0n) is 38.3. The molecule has 16 heteroatoms. The van der Waals surface area contributed by atoms with Crippen molar-refractivity contribution in [3.63, 3.8) is 0 Å². The van der Waals surface area contributed by atoms with Crippen molar-refractivity contribution in [2.75, 3.05) is 40.0 Å². The molecule has 6 bridgehead atoms. The number of cyclic esters (lactones) is 1. The highest BCUT2D eigenvalue weighted by atomic mass is 32.1. The fourth-order valence-electron chi connectivity index (χ4n) is 9.62. The van der Waals surface area contributed by atoms with Gasteiger partial charge in [-0.3, -0.25) is 29.2 Å². The van der Waals surface area contributed by atoms with Gasteiger partial charge in [-0.05, 0) is 77.0 Å². The van der Waals surface area contributed by atoms with E-state index in [9.17, 15) is 24.4 Å². The summed E-state index contributed by atoms with van der Waals surface area (Å²) in [6.45, 7) is 20.1. The fourth-order valence-corrected chi connectivity index (χ4v) is 10.5. The summed E-state index contributed by atoms with van der Waals surface area (Å²) in [7, 11) is 1.66. The molecule has 0 spiro atoms. The number of hydrogen-bond acceptors (Lipinski definition) is 12. The molecular formula is C48H62N8O7S. The maximum absolute atomic E-state index is 14.8. The summed E-state index contributed by atoms with van der Waals surface area (Å²) in [6.07, 6.45) is 4.37. The van der Waals surface area contributed by atoms with Gasteiger partial charge in [-0.25, -0.2) is 10.4 Å². The highest BCUT2D eigenvalue weighted by molar-refractivity contribution is 7.10. The van der Waals surface area contributed by atoms with Crippen molar-refractivity contribution in [3.8, 4) is 17.3 Å². The van der Waals surface area contributed by atoms with Gasteiger partial charge < -0.3 is 29.0 Å². The number of amides is 3. The number of aliphatic imine (C=N–C) groups is 1. The van der Waals surface area contributed by atoms with Crippen molar-refractivity contribution in [2.45, 2.75) is 105 Å². The summed E-state index contributed by atoms with van der Waals surface area (Å²) in [5.74, 6) is -3.26. The minimum atomic E-state index is -1.25. The Morgan fingerprint density at radius 3 is 2.67 bits per heavy atom. The standard InChI is InChI=1S/C48H62N8O7S/c1-10-31(39(50-11-2)28(6)61-9)41-33-22-48(7,8)26-63-47(60)34-15-14-19-56(53-34)46(59)40(52-43(57)37-27(5)38(37)45(58)54-20-18-29(23-49)24-54)42(62-13-4)44-51-35(25-64-44)30-16-17-36(32(33)21-30)55(41)12-3/h10-11,16-17,21,25,27-29,34,37-38,40,42,53H,1,12-15,18-20,22,24,26H2,2-9H3,(H,52,57)/b39-31+,50-11-/t27-,28+,29-,34+,37-,38-,40+,42+/m1/s1. The average Bonchev–Trinajstić information content (AvgIpc) is 3.68. The van der Waals surface area contributed by atoms with Crippen LogP contribution in [0.25, 0.3) is 27.7 Å². The first-order valence-electron chi connectivity index (χ1n) is 22.5. The Labute approximate surface area is 379 Å². The van der Waals surface area contributed by atoms with Crippen LogP contribution in [0.4, 0.5) is 0 Å². The van der Waals surface area contributed by atoms with Gasteiger partial charge in [-0.15, -0.1) is 11.3 Å². The zero-order valence-corrected chi connectivity index (χ0v) is 39.1. The first-order chi connectivity index (χ1) is 30.7. The van der Waals surface area contributed by atoms with Crippen LogP contribution < -0.4 is 10.7 Å². The number of nitrogens with zero attached hydrogens (tertiary/aromatic N) is 6. The third-order valence-corrected chi connectivity index (χ3v) is 14.1. The van der Waals surface area contributed by atoms with E-state index in [4.69, 9.17) is 24.2 Å². The molecule has 8 atom stereocenters. The lowest BCUT2D eigenvalue weighted by Crippen LogP contribution is -2.61. The van der Waals surface area contributed by atoms with Crippen LogP contribution in [-0.4, -0.2) is 108 Å². The number of ether oxygens (including phenoxy) is 3. The number of thiazole rings is 1. The van der Waals surface area contributed by atoms with Gasteiger partial charge >= 0.3 is 5.97 Å². The van der Waals surface area contributed by atoms with E-state index in [0.717, 1.165) is 39.0 Å². The number of nitriles is 1. The Bertz CT molecular complexity index is 2390. The van der Waals surface area contributed by atoms with Crippen LogP contribution in [0, 0.1) is 40.4 Å². The molecule has 3 aromatic rings. The first kappa shape index (κ1) is 46.8. The number of benzene rings is 1. The number of nitrogens with one attached hydrogen (secondary N) is 2. The largest absolute Gasteiger partial charge is 0.464 e. The molecule has 1 aliphatic carbocycles. The van der Waals surface area contributed by atoms with Crippen molar-refractivity contribution in [2.24, 2.45) is 34.1 Å². The first-order valence-corrected chi connectivity index (χ1v) is 23.4. The number of allylic oxidation sites excluding steroid dienone is 2. The van der Waals surface area contributed by atoms with Crippen molar-refractivity contribution >= 4 is 57.7 Å². The number of fused-ring (bicyclic) bond motifs is 6. The number of methoxy groups -OCH3 is 1. The van der Waals surface area contributed by atoms with E-state index in [2.05, 4.69) is 60.9 Å². The summed E-state index contributed by atoms with van der Waals surface area (Å²) in [4.78, 5) is 68.2. The lowest BCUT2D eigenvalue weighted by Gasteiger charge is -2.37. The monoisotopic (exact) mass is 894 g/mol. The average molecular weight is 895 g/mol. The molecule has 2 saturated heterocycles. The van der Waals surface area contributed by atoms with Crippen molar-refractivity contribution in [1.82, 2.24) is 30.2 Å². The Hall–Kier alpha value is -5.21.